The Bertz CT molecular complexity index is 1370. The first-order valence-electron chi connectivity index (χ1n) is 9.45. The van der Waals surface area contributed by atoms with Gasteiger partial charge in [0, 0.05) is 30.1 Å². The van der Waals surface area contributed by atoms with Crippen molar-refractivity contribution in [1.82, 2.24) is 9.55 Å². The molecule has 0 N–H and O–H groups in total. The van der Waals surface area contributed by atoms with Crippen LogP contribution in [0.25, 0.3) is 22.2 Å². The van der Waals surface area contributed by atoms with E-state index in [9.17, 15) is 21.6 Å². The van der Waals surface area contributed by atoms with Crippen molar-refractivity contribution in [2.45, 2.75) is 24.5 Å². The lowest BCUT2D eigenvalue weighted by atomic mass is 9.98. The lowest BCUT2D eigenvalue weighted by Crippen LogP contribution is -2.06. The fourth-order valence-electron chi connectivity index (χ4n) is 3.62. The van der Waals surface area contributed by atoms with E-state index in [1.165, 1.54) is 24.3 Å². The normalized spacial score (nSPS) is 12.4. The van der Waals surface area contributed by atoms with E-state index in [1.807, 2.05) is 29.7 Å². The first-order chi connectivity index (χ1) is 14.5. The van der Waals surface area contributed by atoms with Gasteiger partial charge >= 0.3 is 6.18 Å². The Morgan fingerprint density at radius 2 is 1.71 bits per heavy atom. The summed E-state index contributed by atoms with van der Waals surface area (Å²) in [5.41, 5.74) is 2.85. The molecular weight excluding hydrogens is 425 g/mol. The molecule has 4 rings (SSSR count). The number of rotatable bonds is 4. The third kappa shape index (κ3) is 4.20. The highest BCUT2D eigenvalue weighted by atomic mass is 32.2. The van der Waals surface area contributed by atoms with Crippen molar-refractivity contribution >= 4 is 20.9 Å². The number of sulfone groups is 1. The number of fused-ring (bicyclic) bond motifs is 1. The zero-order valence-electron chi connectivity index (χ0n) is 16.8. The van der Waals surface area contributed by atoms with E-state index >= 15 is 0 Å². The summed E-state index contributed by atoms with van der Waals surface area (Å²) in [5.74, 6) is 0. The minimum atomic E-state index is -4.44. The molecule has 0 saturated carbocycles. The third-order valence-electron chi connectivity index (χ3n) is 5.22. The van der Waals surface area contributed by atoms with E-state index in [4.69, 9.17) is 0 Å². The van der Waals surface area contributed by atoms with Gasteiger partial charge in [0.05, 0.1) is 10.5 Å². The second-order valence-electron chi connectivity index (χ2n) is 7.45. The maximum atomic E-state index is 13.0. The number of benzene rings is 2. The number of alkyl halides is 3. The highest BCUT2D eigenvalue weighted by Gasteiger charge is 2.30. The van der Waals surface area contributed by atoms with Crippen LogP contribution in [0, 0.1) is 6.92 Å². The van der Waals surface area contributed by atoms with Gasteiger partial charge in [0.2, 0.25) is 0 Å². The van der Waals surface area contributed by atoms with E-state index in [1.54, 1.807) is 12.3 Å². The van der Waals surface area contributed by atoms with Crippen LogP contribution < -0.4 is 0 Å². The molecule has 0 radical (unpaired) electrons. The van der Waals surface area contributed by atoms with Crippen LogP contribution in [0.3, 0.4) is 0 Å². The van der Waals surface area contributed by atoms with Crippen LogP contribution in [-0.4, -0.2) is 24.2 Å². The van der Waals surface area contributed by atoms with Crippen molar-refractivity contribution < 1.29 is 21.6 Å². The predicted molar refractivity (Wildman–Crippen MR) is 114 cm³/mol. The molecule has 0 aliphatic rings. The van der Waals surface area contributed by atoms with Gasteiger partial charge in [0.15, 0.2) is 9.84 Å². The van der Waals surface area contributed by atoms with E-state index in [-0.39, 0.29) is 4.90 Å². The van der Waals surface area contributed by atoms with E-state index < -0.39 is 21.6 Å². The van der Waals surface area contributed by atoms with Crippen molar-refractivity contribution in [3.05, 3.63) is 83.7 Å². The summed E-state index contributed by atoms with van der Waals surface area (Å²) in [6, 6.07) is 15.3. The summed E-state index contributed by atoms with van der Waals surface area (Å²) >= 11 is 0. The average molecular weight is 444 g/mol. The maximum absolute atomic E-state index is 13.0. The second-order valence-corrected chi connectivity index (χ2v) is 9.47. The van der Waals surface area contributed by atoms with Crippen molar-refractivity contribution in [1.29, 1.82) is 0 Å². The molecule has 2 aromatic heterocycles. The maximum Gasteiger partial charge on any atom is 0.416 e. The van der Waals surface area contributed by atoms with Gasteiger partial charge in [0.25, 0.3) is 0 Å². The molecule has 0 aliphatic carbocycles. The van der Waals surface area contributed by atoms with Gasteiger partial charge in [0.1, 0.15) is 5.65 Å². The molecule has 0 unspecified atom stereocenters. The molecule has 0 saturated heterocycles. The molecule has 8 heteroatoms. The molecule has 4 nitrogen and oxygen atoms in total. The summed E-state index contributed by atoms with van der Waals surface area (Å²) in [5, 5.41) is 0.976. The summed E-state index contributed by atoms with van der Waals surface area (Å²) in [6.45, 7) is 2.34. The Labute approximate surface area is 177 Å². The molecule has 0 fully saturated rings. The Hall–Kier alpha value is -3.13. The molecule has 4 aromatic rings. The molecule has 160 valence electrons. The number of hydrogen-bond donors (Lipinski definition) is 0. The zero-order valence-corrected chi connectivity index (χ0v) is 17.6. The van der Waals surface area contributed by atoms with E-state index in [0.717, 1.165) is 40.7 Å². The predicted octanol–water partition coefficient (Wildman–Crippen LogP) is 5.48. The monoisotopic (exact) mass is 444 g/mol. The Balaban J connectivity index is 1.85. The van der Waals surface area contributed by atoms with Crippen LogP contribution in [0.5, 0.6) is 0 Å². The summed E-state index contributed by atoms with van der Waals surface area (Å²) in [7, 11) is -3.49. The number of aryl methyl sites for hydroxylation is 1. The lowest BCUT2D eigenvalue weighted by molar-refractivity contribution is -0.137. The SMILES string of the molecule is Cc1cc2cccnc2n1Cc1ccc(S(C)(=O)=O)cc1-c1ccc(C(F)(F)F)cc1. The quantitative estimate of drug-likeness (QED) is 0.419. The molecule has 0 amide bonds. The van der Waals surface area contributed by atoms with Crippen LogP contribution in [0.1, 0.15) is 16.8 Å². The molecule has 31 heavy (non-hydrogen) atoms. The Kier molecular flexibility index (Phi) is 5.13. The van der Waals surface area contributed by atoms with Crippen molar-refractivity contribution in [3.8, 4) is 11.1 Å². The van der Waals surface area contributed by atoms with Gasteiger partial charge in [-0.15, -0.1) is 0 Å². The highest BCUT2D eigenvalue weighted by molar-refractivity contribution is 7.90. The van der Waals surface area contributed by atoms with Crippen LogP contribution >= 0.6 is 0 Å². The van der Waals surface area contributed by atoms with Crippen molar-refractivity contribution in [2.24, 2.45) is 0 Å². The van der Waals surface area contributed by atoms with Crippen molar-refractivity contribution in [3.63, 3.8) is 0 Å². The molecule has 0 atom stereocenters. The van der Waals surface area contributed by atoms with Gasteiger partial charge in [-0.3, -0.25) is 0 Å². The van der Waals surface area contributed by atoms with Gasteiger partial charge in [-0.2, -0.15) is 13.2 Å². The zero-order chi connectivity index (χ0) is 22.4. The van der Waals surface area contributed by atoms with E-state index in [0.29, 0.717) is 17.7 Å². The van der Waals surface area contributed by atoms with Crippen molar-refractivity contribution in [2.75, 3.05) is 6.26 Å². The highest BCUT2D eigenvalue weighted by Crippen LogP contribution is 2.33. The molecule has 0 bridgehead atoms. The summed E-state index contributed by atoms with van der Waals surface area (Å²) in [4.78, 5) is 4.55. The lowest BCUT2D eigenvalue weighted by Gasteiger charge is -2.15. The number of aromatic nitrogens is 2. The molecular formula is C23H19F3N2O2S. The topological polar surface area (TPSA) is 52.0 Å². The van der Waals surface area contributed by atoms with E-state index in [2.05, 4.69) is 4.98 Å². The van der Waals surface area contributed by atoms with Gasteiger partial charge < -0.3 is 4.57 Å². The van der Waals surface area contributed by atoms with Crippen LogP contribution in [0.15, 0.2) is 71.8 Å². The standard InChI is InChI=1S/C23H19F3N2O2S/c1-15-12-17-4-3-11-27-22(17)28(15)14-18-7-10-20(31(2,29)30)13-21(18)16-5-8-19(9-6-16)23(24,25)26/h3-13H,14H2,1-2H3. The summed E-state index contributed by atoms with van der Waals surface area (Å²) in [6.07, 6.45) is -1.64. The smallest absolute Gasteiger partial charge is 0.325 e. The first kappa shape index (κ1) is 21.1. The second kappa shape index (κ2) is 7.53. The molecule has 2 heterocycles. The molecule has 0 aliphatic heterocycles. The molecule has 2 aromatic carbocycles. The Morgan fingerprint density at radius 1 is 1.00 bits per heavy atom. The number of nitrogens with zero attached hydrogens (tertiary/aromatic N) is 2. The summed E-state index contributed by atoms with van der Waals surface area (Å²) < 4.78 is 65.1. The number of hydrogen-bond acceptors (Lipinski definition) is 3. The molecule has 0 spiro atoms. The minimum Gasteiger partial charge on any atom is -0.325 e. The third-order valence-corrected chi connectivity index (χ3v) is 6.33. The Morgan fingerprint density at radius 3 is 2.35 bits per heavy atom. The number of halogens is 3. The van der Waals surface area contributed by atoms with Crippen LogP contribution in [0.4, 0.5) is 13.2 Å². The fraction of sp³-hybridized carbons (Fsp3) is 0.174. The number of pyridine rings is 1. The van der Waals surface area contributed by atoms with Gasteiger partial charge in [-0.05, 0) is 66.1 Å². The van der Waals surface area contributed by atoms with Crippen LogP contribution in [-0.2, 0) is 22.6 Å². The first-order valence-corrected chi connectivity index (χ1v) is 11.3. The average Bonchev–Trinajstić information content (AvgIpc) is 3.02. The van der Waals surface area contributed by atoms with Gasteiger partial charge in [-0.1, -0.05) is 18.2 Å². The van der Waals surface area contributed by atoms with Gasteiger partial charge in [-0.25, -0.2) is 13.4 Å². The van der Waals surface area contributed by atoms with Crippen LogP contribution in [0.2, 0.25) is 0 Å². The fourth-order valence-corrected chi connectivity index (χ4v) is 4.27. The largest absolute Gasteiger partial charge is 0.416 e. The minimum absolute atomic E-state index is 0.110.